The number of amides is 1. The van der Waals surface area contributed by atoms with Gasteiger partial charge in [0.1, 0.15) is 12.1 Å². The Balaban J connectivity index is 1.28. The highest BCUT2D eigenvalue weighted by Gasteiger charge is 2.47. The predicted molar refractivity (Wildman–Crippen MR) is 105 cm³/mol. The van der Waals surface area contributed by atoms with Crippen molar-refractivity contribution < 1.29 is 4.79 Å². The average molecular weight is 362 g/mol. The van der Waals surface area contributed by atoms with Crippen molar-refractivity contribution >= 4 is 11.7 Å². The zero-order valence-corrected chi connectivity index (χ0v) is 15.8. The molecule has 2 aromatic rings. The fourth-order valence-corrected chi connectivity index (χ4v) is 5.30. The molecule has 2 saturated heterocycles. The van der Waals surface area contributed by atoms with Crippen molar-refractivity contribution in [3.63, 3.8) is 0 Å². The number of benzene rings is 1. The molecule has 4 atom stereocenters. The smallest absolute Gasteiger partial charge is 0.223 e. The molecule has 1 unspecified atom stereocenters. The molecule has 1 amide bonds. The van der Waals surface area contributed by atoms with Gasteiger partial charge in [0.05, 0.1) is 12.1 Å². The van der Waals surface area contributed by atoms with E-state index in [1.807, 2.05) is 6.92 Å². The van der Waals surface area contributed by atoms with Crippen molar-refractivity contribution in [2.24, 2.45) is 5.92 Å². The molecule has 1 aliphatic carbocycles. The summed E-state index contributed by atoms with van der Waals surface area (Å²) in [5, 5.41) is 3.40. The maximum atomic E-state index is 13.0. The summed E-state index contributed by atoms with van der Waals surface area (Å²) in [5.41, 5.74) is 3.74. The van der Waals surface area contributed by atoms with Crippen LogP contribution in [0, 0.1) is 12.8 Å². The van der Waals surface area contributed by atoms with Crippen LogP contribution in [0.4, 0.5) is 5.82 Å². The maximum Gasteiger partial charge on any atom is 0.223 e. The van der Waals surface area contributed by atoms with Gasteiger partial charge in [-0.2, -0.15) is 0 Å². The summed E-state index contributed by atoms with van der Waals surface area (Å²) in [7, 11) is 0. The molecule has 2 aliphatic heterocycles. The number of carbonyl (C=O) groups is 1. The minimum absolute atomic E-state index is 0.105. The quantitative estimate of drug-likeness (QED) is 0.912. The Kier molecular flexibility index (Phi) is 4.10. The molecule has 2 bridgehead atoms. The van der Waals surface area contributed by atoms with Gasteiger partial charge in [-0.05, 0) is 56.6 Å². The molecule has 27 heavy (non-hydrogen) atoms. The zero-order chi connectivity index (χ0) is 18.4. The van der Waals surface area contributed by atoms with Gasteiger partial charge >= 0.3 is 0 Å². The molecule has 2 fully saturated rings. The van der Waals surface area contributed by atoms with Gasteiger partial charge in [0.2, 0.25) is 5.91 Å². The molecule has 3 aliphatic rings. The summed E-state index contributed by atoms with van der Waals surface area (Å²) in [5.74, 6) is 1.35. The minimum Gasteiger partial charge on any atom is -0.351 e. The van der Waals surface area contributed by atoms with Crippen LogP contribution in [-0.4, -0.2) is 34.0 Å². The highest BCUT2D eigenvalue weighted by Crippen LogP contribution is 2.40. The molecular weight excluding hydrogens is 336 g/mol. The van der Waals surface area contributed by atoms with E-state index in [-0.39, 0.29) is 17.9 Å². The van der Waals surface area contributed by atoms with Crippen LogP contribution < -0.4 is 10.2 Å². The highest BCUT2D eigenvalue weighted by atomic mass is 16.2. The predicted octanol–water partition coefficient (Wildman–Crippen LogP) is 2.82. The zero-order valence-electron chi connectivity index (χ0n) is 15.8. The summed E-state index contributed by atoms with van der Waals surface area (Å²) in [6, 6.07) is 11.7. The van der Waals surface area contributed by atoms with E-state index in [1.165, 1.54) is 17.5 Å². The number of carbonyl (C=O) groups excluding carboxylic acids is 1. The number of hydrogen-bond acceptors (Lipinski definition) is 4. The number of hydrogen-bond donors (Lipinski definition) is 1. The van der Waals surface area contributed by atoms with Gasteiger partial charge < -0.3 is 10.2 Å². The van der Waals surface area contributed by atoms with Crippen molar-refractivity contribution in [2.45, 2.75) is 63.6 Å². The molecule has 140 valence electrons. The van der Waals surface area contributed by atoms with Gasteiger partial charge in [-0.25, -0.2) is 9.97 Å². The SMILES string of the molecule is Cc1cc(N2[C@@H]3CC[C@H]2[C@@H](NC(=O)C2CCc4ccccc4C2)C3)ncn1. The number of nitrogens with zero attached hydrogens (tertiary/aromatic N) is 3. The summed E-state index contributed by atoms with van der Waals surface area (Å²) < 4.78 is 0. The van der Waals surface area contributed by atoms with E-state index in [0.717, 1.165) is 43.6 Å². The van der Waals surface area contributed by atoms with Gasteiger partial charge in [0.25, 0.3) is 0 Å². The molecule has 1 aromatic carbocycles. The number of aryl methyl sites for hydroxylation is 2. The molecule has 5 rings (SSSR count). The number of aromatic nitrogens is 2. The van der Waals surface area contributed by atoms with E-state index < -0.39 is 0 Å². The van der Waals surface area contributed by atoms with Gasteiger partial charge in [-0.1, -0.05) is 24.3 Å². The van der Waals surface area contributed by atoms with Crippen LogP contribution in [0.3, 0.4) is 0 Å². The topological polar surface area (TPSA) is 58.1 Å². The number of rotatable bonds is 3. The summed E-state index contributed by atoms with van der Waals surface area (Å²) >= 11 is 0. The van der Waals surface area contributed by atoms with Crippen molar-refractivity contribution in [2.75, 3.05) is 4.90 Å². The van der Waals surface area contributed by atoms with Gasteiger partial charge in [0, 0.05) is 23.7 Å². The van der Waals surface area contributed by atoms with Gasteiger partial charge in [-0.15, -0.1) is 0 Å². The van der Waals surface area contributed by atoms with E-state index in [0.29, 0.717) is 12.1 Å². The molecule has 1 N–H and O–H groups in total. The molecule has 3 heterocycles. The number of anilines is 1. The van der Waals surface area contributed by atoms with Crippen LogP contribution in [0.5, 0.6) is 0 Å². The first kappa shape index (κ1) is 16.7. The highest BCUT2D eigenvalue weighted by molar-refractivity contribution is 5.80. The van der Waals surface area contributed by atoms with Crippen LogP contribution in [0.25, 0.3) is 0 Å². The van der Waals surface area contributed by atoms with Crippen LogP contribution in [-0.2, 0) is 17.6 Å². The first-order valence-electron chi connectivity index (χ1n) is 10.1. The second kappa shape index (κ2) is 6.63. The molecule has 5 heteroatoms. The van der Waals surface area contributed by atoms with Crippen LogP contribution >= 0.6 is 0 Å². The maximum absolute atomic E-state index is 13.0. The Hall–Kier alpha value is -2.43. The Morgan fingerprint density at radius 2 is 2.00 bits per heavy atom. The third kappa shape index (κ3) is 2.99. The van der Waals surface area contributed by atoms with E-state index in [1.54, 1.807) is 6.33 Å². The van der Waals surface area contributed by atoms with Crippen molar-refractivity contribution in [3.05, 3.63) is 53.5 Å². The first-order chi connectivity index (χ1) is 13.2. The van der Waals surface area contributed by atoms with Crippen LogP contribution in [0.1, 0.15) is 42.5 Å². The second-order valence-electron chi connectivity index (χ2n) is 8.28. The largest absolute Gasteiger partial charge is 0.351 e. The van der Waals surface area contributed by atoms with E-state index >= 15 is 0 Å². The lowest BCUT2D eigenvalue weighted by atomic mass is 9.83. The van der Waals surface area contributed by atoms with Gasteiger partial charge in [0.15, 0.2) is 0 Å². The first-order valence-corrected chi connectivity index (χ1v) is 10.1. The van der Waals surface area contributed by atoms with Gasteiger partial charge in [-0.3, -0.25) is 4.79 Å². The van der Waals surface area contributed by atoms with Crippen LogP contribution in [0.2, 0.25) is 0 Å². The lowest BCUT2D eigenvalue weighted by Crippen LogP contribution is -2.47. The van der Waals surface area contributed by atoms with Crippen molar-refractivity contribution in [1.29, 1.82) is 0 Å². The van der Waals surface area contributed by atoms with Crippen molar-refractivity contribution in [1.82, 2.24) is 15.3 Å². The average Bonchev–Trinajstić information content (AvgIpc) is 3.25. The lowest BCUT2D eigenvalue weighted by molar-refractivity contribution is -0.126. The van der Waals surface area contributed by atoms with E-state index in [9.17, 15) is 4.79 Å². The van der Waals surface area contributed by atoms with Crippen molar-refractivity contribution in [3.8, 4) is 0 Å². The van der Waals surface area contributed by atoms with Crippen LogP contribution in [0.15, 0.2) is 36.7 Å². The Bertz CT molecular complexity index is 867. The minimum atomic E-state index is 0.105. The summed E-state index contributed by atoms with van der Waals surface area (Å²) in [6.45, 7) is 2.00. The fourth-order valence-electron chi connectivity index (χ4n) is 5.30. The monoisotopic (exact) mass is 362 g/mol. The molecule has 0 spiro atoms. The third-order valence-corrected chi connectivity index (χ3v) is 6.64. The number of nitrogens with one attached hydrogen (secondary N) is 1. The Labute approximate surface area is 160 Å². The molecular formula is C22H26N4O. The second-order valence-corrected chi connectivity index (χ2v) is 8.28. The fraction of sp³-hybridized carbons (Fsp3) is 0.500. The molecule has 1 aromatic heterocycles. The normalized spacial score (nSPS) is 28.9. The summed E-state index contributed by atoms with van der Waals surface area (Å²) in [4.78, 5) is 24.1. The Morgan fingerprint density at radius 1 is 1.15 bits per heavy atom. The third-order valence-electron chi connectivity index (χ3n) is 6.64. The van der Waals surface area contributed by atoms with E-state index in [2.05, 4.69) is 50.5 Å². The Morgan fingerprint density at radius 3 is 2.85 bits per heavy atom. The van der Waals surface area contributed by atoms with E-state index in [4.69, 9.17) is 0 Å². The standard InChI is InChI=1S/C22H26N4O/c1-14-10-21(24-13-23-14)26-18-8-9-20(26)19(12-18)25-22(27)17-7-6-15-4-2-3-5-16(15)11-17/h2-5,10,13,17-20H,6-9,11-12H2,1H3,(H,25,27)/t17?,18-,19+,20+/m1/s1. The molecule has 0 radical (unpaired) electrons. The lowest BCUT2D eigenvalue weighted by Gasteiger charge is -2.29. The molecule has 0 saturated carbocycles. The summed E-state index contributed by atoms with van der Waals surface area (Å²) in [6.07, 6.45) is 7.84. The number of fused-ring (bicyclic) bond motifs is 3. The molecule has 5 nitrogen and oxygen atoms in total.